The van der Waals surface area contributed by atoms with Gasteiger partial charge in [0.25, 0.3) is 5.56 Å². The van der Waals surface area contributed by atoms with Crippen molar-refractivity contribution in [3.63, 3.8) is 0 Å². The average molecular weight is 528 g/mol. The maximum absolute atomic E-state index is 15.4. The minimum Gasteiger partial charge on any atom is -0.340 e. The second kappa shape index (κ2) is 9.00. The fourth-order valence-corrected chi connectivity index (χ4v) is 5.27. The molecule has 0 radical (unpaired) electrons. The highest BCUT2D eigenvalue weighted by Gasteiger charge is 2.33. The summed E-state index contributed by atoms with van der Waals surface area (Å²) in [4.78, 5) is 25.5. The highest BCUT2D eigenvalue weighted by Crippen LogP contribution is 2.41. The van der Waals surface area contributed by atoms with Crippen LogP contribution in [0.1, 0.15) is 48.1 Å². The average Bonchev–Trinajstić information content (AvgIpc) is 3.67. The van der Waals surface area contributed by atoms with E-state index in [4.69, 9.17) is 11.6 Å². The molecule has 0 aliphatic carbocycles. The number of pyridine rings is 2. The summed E-state index contributed by atoms with van der Waals surface area (Å²) in [6, 6.07) is 9.82. The standard InChI is InChI=1S/C26H19ClFN9O/c1-13-7-22(26-31-11-19(33-26)16-5-6-30-18(10-29)14(16)2)37-21(13)8-15(9-23(37)38)24-20(36-12-32-34-35-36)4-3-17(27)25(24)28/h3-6,8-9,11-13,22H,7H2,1-2H3,(H,31,33)/t13-,22+/m0/s1. The molecule has 1 aliphatic rings. The first kappa shape index (κ1) is 23.7. The van der Waals surface area contributed by atoms with Gasteiger partial charge in [0.15, 0.2) is 5.82 Å². The van der Waals surface area contributed by atoms with Crippen LogP contribution in [0.2, 0.25) is 5.02 Å². The summed E-state index contributed by atoms with van der Waals surface area (Å²) in [6.45, 7) is 3.85. The molecule has 188 valence electrons. The van der Waals surface area contributed by atoms with Crippen LogP contribution in [0, 0.1) is 24.1 Å². The van der Waals surface area contributed by atoms with Crippen LogP contribution in [0.15, 0.2) is 53.8 Å². The third kappa shape index (κ3) is 3.69. The van der Waals surface area contributed by atoms with Gasteiger partial charge in [-0.3, -0.25) is 4.79 Å². The quantitative estimate of drug-likeness (QED) is 0.367. The molecule has 0 unspecified atom stereocenters. The summed E-state index contributed by atoms with van der Waals surface area (Å²) in [7, 11) is 0. The van der Waals surface area contributed by atoms with Crippen LogP contribution < -0.4 is 5.56 Å². The smallest absolute Gasteiger partial charge is 0.252 e. The van der Waals surface area contributed by atoms with E-state index in [9.17, 15) is 10.1 Å². The number of aromatic nitrogens is 8. The number of fused-ring (bicyclic) bond motifs is 1. The molecule has 0 fully saturated rings. The van der Waals surface area contributed by atoms with Crippen LogP contribution in [0.3, 0.4) is 0 Å². The molecule has 12 heteroatoms. The summed E-state index contributed by atoms with van der Waals surface area (Å²) < 4.78 is 18.4. The number of tetrazole rings is 1. The Hall–Kier alpha value is -4.69. The van der Waals surface area contributed by atoms with Crippen LogP contribution in [-0.4, -0.2) is 39.7 Å². The Kier molecular flexibility index (Phi) is 5.61. The molecule has 1 aliphatic heterocycles. The number of hydrogen-bond donors (Lipinski definition) is 1. The SMILES string of the molecule is Cc1c(-c2cnc([C@H]3C[C@H](C)c4cc(-c5c(-n6cnnn6)ccc(Cl)c5F)cc(=O)n43)[nH]2)ccnc1C#N. The van der Waals surface area contributed by atoms with Crippen LogP contribution in [0.25, 0.3) is 28.1 Å². The lowest BCUT2D eigenvalue weighted by molar-refractivity contribution is 0.557. The Balaban J connectivity index is 1.44. The van der Waals surface area contributed by atoms with Crippen molar-refractivity contribution < 1.29 is 4.39 Å². The Morgan fingerprint density at radius 2 is 2.08 bits per heavy atom. The number of nitrogens with zero attached hydrogens (tertiary/aromatic N) is 8. The molecule has 38 heavy (non-hydrogen) atoms. The van der Waals surface area contributed by atoms with E-state index in [-0.39, 0.29) is 28.1 Å². The zero-order valence-corrected chi connectivity index (χ0v) is 21.0. The van der Waals surface area contributed by atoms with Gasteiger partial charge >= 0.3 is 0 Å². The van der Waals surface area contributed by atoms with Crippen molar-refractivity contribution in [1.82, 2.24) is 39.7 Å². The molecule has 6 rings (SSSR count). The number of rotatable bonds is 4. The summed E-state index contributed by atoms with van der Waals surface area (Å²) in [6.07, 6.45) is 5.26. The van der Waals surface area contributed by atoms with Gasteiger partial charge in [-0.25, -0.2) is 14.4 Å². The number of nitriles is 1. The molecule has 0 bridgehead atoms. The molecule has 5 heterocycles. The largest absolute Gasteiger partial charge is 0.340 e. The molecule has 0 saturated carbocycles. The Morgan fingerprint density at radius 1 is 1.24 bits per heavy atom. The molecule has 1 aromatic carbocycles. The Morgan fingerprint density at radius 3 is 2.84 bits per heavy atom. The van der Waals surface area contributed by atoms with E-state index >= 15 is 4.39 Å². The molecular weight excluding hydrogens is 509 g/mol. The van der Waals surface area contributed by atoms with E-state index in [2.05, 4.69) is 36.5 Å². The monoisotopic (exact) mass is 527 g/mol. The molecule has 5 aromatic rings. The summed E-state index contributed by atoms with van der Waals surface area (Å²) >= 11 is 6.12. The molecule has 10 nitrogen and oxygen atoms in total. The van der Waals surface area contributed by atoms with Crippen molar-refractivity contribution in [1.29, 1.82) is 5.26 Å². The fraction of sp³-hybridized carbons (Fsp3) is 0.192. The van der Waals surface area contributed by atoms with Crippen molar-refractivity contribution in [2.75, 3.05) is 0 Å². The number of aromatic amines is 1. The van der Waals surface area contributed by atoms with Crippen molar-refractivity contribution in [3.8, 4) is 34.1 Å². The van der Waals surface area contributed by atoms with Crippen molar-refractivity contribution >= 4 is 11.6 Å². The lowest BCUT2D eigenvalue weighted by Crippen LogP contribution is -2.24. The predicted molar refractivity (Wildman–Crippen MR) is 136 cm³/mol. The molecule has 2 atom stereocenters. The van der Waals surface area contributed by atoms with E-state index in [1.165, 1.54) is 23.1 Å². The fourth-order valence-electron chi connectivity index (χ4n) is 5.11. The van der Waals surface area contributed by atoms with Crippen molar-refractivity contribution in [2.24, 2.45) is 0 Å². The van der Waals surface area contributed by atoms with Gasteiger partial charge in [-0.15, -0.1) is 5.10 Å². The molecule has 1 N–H and O–H groups in total. The summed E-state index contributed by atoms with van der Waals surface area (Å²) in [5, 5.41) is 20.4. The number of nitrogens with one attached hydrogen (secondary N) is 1. The number of hydrogen-bond acceptors (Lipinski definition) is 7. The third-order valence-corrected chi connectivity index (χ3v) is 7.25. The van der Waals surface area contributed by atoms with E-state index in [0.29, 0.717) is 29.2 Å². The first-order valence-corrected chi connectivity index (χ1v) is 12.1. The highest BCUT2D eigenvalue weighted by molar-refractivity contribution is 6.31. The molecule has 0 spiro atoms. The zero-order chi connectivity index (χ0) is 26.6. The van der Waals surface area contributed by atoms with E-state index in [1.54, 1.807) is 23.0 Å². The summed E-state index contributed by atoms with van der Waals surface area (Å²) in [5.41, 5.74) is 3.99. The maximum Gasteiger partial charge on any atom is 0.252 e. The summed E-state index contributed by atoms with van der Waals surface area (Å²) in [5.74, 6) is -0.0439. The second-order valence-electron chi connectivity index (χ2n) is 9.17. The topological polar surface area (TPSA) is 131 Å². The lowest BCUT2D eigenvalue weighted by Gasteiger charge is -2.16. The lowest BCUT2D eigenvalue weighted by atomic mass is 9.99. The maximum atomic E-state index is 15.4. The first-order chi connectivity index (χ1) is 18.4. The Bertz CT molecular complexity index is 1800. The number of benzene rings is 1. The second-order valence-corrected chi connectivity index (χ2v) is 9.57. The minimum atomic E-state index is -0.661. The van der Waals surface area contributed by atoms with Gasteiger partial charge in [-0.05, 0) is 65.1 Å². The van der Waals surface area contributed by atoms with Gasteiger partial charge in [0.05, 0.1) is 28.6 Å². The van der Waals surface area contributed by atoms with E-state index in [0.717, 1.165) is 22.5 Å². The van der Waals surface area contributed by atoms with E-state index in [1.807, 2.05) is 26.0 Å². The van der Waals surface area contributed by atoms with Gasteiger partial charge < -0.3 is 9.55 Å². The van der Waals surface area contributed by atoms with Gasteiger partial charge in [0, 0.05) is 29.1 Å². The normalized spacial score (nSPS) is 16.4. The zero-order valence-electron chi connectivity index (χ0n) is 20.2. The highest BCUT2D eigenvalue weighted by atomic mass is 35.5. The van der Waals surface area contributed by atoms with Crippen LogP contribution in [0.5, 0.6) is 0 Å². The molecule has 0 amide bonds. The predicted octanol–water partition coefficient (Wildman–Crippen LogP) is 4.35. The van der Waals surface area contributed by atoms with Crippen LogP contribution >= 0.6 is 11.6 Å². The number of H-pyrrole nitrogens is 1. The Labute approximate surface area is 220 Å². The molecule has 4 aromatic heterocycles. The number of halogens is 2. The van der Waals surface area contributed by atoms with Gasteiger partial charge in [-0.2, -0.15) is 9.94 Å². The van der Waals surface area contributed by atoms with Crippen molar-refractivity contribution in [3.05, 3.63) is 93.0 Å². The van der Waals surface area contributed by atoms with Crippen LogP contribution in [0.4, 0.5) is 4.39 Å². The van der Waals surface area contributed by atoms with Gasteiger partial charge in [0.2, 0.25) is 0 Å². The molecular formula is C26H19ClFN9O. The van der Waals surface area contributed by atoms with Crippen molar-refractivity contribution in [2.45, 2.75) is 32.2 Å². The minimum absolute atomic E-state index is 0.00668. The van der Waals surface area contributed by atoms with Crippen LogP contribution in [-0.2, 0) is 0 Å². The molecule has 0 saturated heterocycles. The number of imidazole rings is 1. The van der Waals surface area contributed by atoms with Gasteiger partial charge in [-0.1, -0.05) is 18.5 Å². The van der Waals surface area contributed by atoms with Gasteiger partial charge in [0.1, 0.15) is 23.9 Å². The first-order valence-electron chi connectivity index (χ1n) is 11.8. The third-order valence-electron chi connectivity index (χ3n) is 6.96. The van der Waals surface area contributed by atoms with E-state index < -0.39 is 5.82 Å².